The van der Waals surface area contributed by atoms with Crippen LogP contribution in [0.15, 0.2) is 35.3 Å². The Morgan fingerprint density at radius 2 is 2.14 bits per heavy atom. The van der Waals surface area contributed by atoms with E-state index in [1.54, 1.807) is 14.0 Å². The SMILES string of the molecule is COc1ccc2[nH]cc(CCNC(=O)Cc3nc4nc(C)cc(=O)n4[nH]3)c2c1. The fourth-order valence-corrected chi connectivity index (χ4v) is 3.16. The molecule has 1 aromatic carbocycles. The number of aromatic amines is 2. The Morgan fingerprint density at radius 1 is 1.29 bits per heavy atom. The van der Waals surface area contributed by atoms with Gasteiger partial charge >= 0.3 is 0 Å². The predicted molar refractivity (Wildman–Crippen MR) is 104 cm³/mol. The van der Waals surface area contributed by atoms with E-state index in [0.717, 1.165) is 22.2 Å². The normalized spacial score (nSPS) is 11.2. The fourth-order valence-electron chi connectivity index (χ4n) is 3.16. The highest BCUT2D eigenvalue weighted by Crippen LogP contribution is 2.23. The molecule has 4 aromatic rings. The number of benzene rings is 1. The second kappa shape index (κ2) is 7.18. The van der Waals surface area contributed by atoms with E-state index in [1.807, 2.05) is 24.4 Å². The molecule has 0 radical (unpaired) electrons. The summed E-state index contributed by atoms with van der Waals surface area (Å²) in [5.41, 5.74) is 2.46. The van der Waals surface area contributed by atoms with Gasteiger partial charge in [-0.1, -0.05) is 0 Å². The summed E-state index contributed by atoms with van der Waals surface area (Å²) in [6.45, 7) is 2.21. The van der Waals surface area contributed by atoms with Crippen LogP contribution in [0.2, 0.25) is 0 Å². The maximum Gasteiger partial charge on any atom is 0.274 e. The molecular weight excluding hydrogens is 360 g/mol. The monoisotopic (exact) mass is 380 g/mol. The molecule has 1 amide bonds. The summed E-state index contributed by atoms with van der Waals surface area (Å²) in [6.07, 6.45) is 2.67. The molecule has 3 aromatic heterocycles. The molecule has 4 rings (SSSR count). The lowest BCUT2D eigenvalue weighted by atomic mass is 10.1. The average Bonchev–Trinajstić information content (AvgIpc) is 3.25. The van der Waals surface area contributed by atoms with E-state index in [1.165, 1.54) is 10.6 Å². The third kappa shape index (κ3) is 3.46. The Hall–Kier alpha value is -3.62. The van der Waals surface area contributed by atoms with Crippen molar-refractivity contribution >= 4 is 22.6 Å². The number of aromatic nitrogens is 5. The van der Waals surface area contributed by atoms with E-state index in [0.29, 0.717) is 24.5 Å². The molecular formula is C19H20N6O3. The van der Waals surface area contributed by atoms with E-state index < -0.39 is 0 Å². The molecule has 28 heavy (non-hydrogen) atoms. The first-order valence-electron chi connectivity index (χ1n) is 8.89. The lowest BCUT2D eigenvalue weighted by molar-refractivity contribution is -0.120. The molecule has 144 valence electrons. The van der Waals surface area contributed by atoms with E-state index in [9.17, 15) is 9.59 Å². The van der Waals surface area contributed by atoms with Gasteiger partial charge in [-0.2, -0.15) is 9.50 Å². The molecule has 0 atom stereocenters. The van der Waals surface area contributed by atoms with Crippen molar-refractivity contribution in [1.29, 1.82) is 0 Å². The molecule has 0 saturated heterocycles. The molecule has 3 heterocycles. The zero-order valence-electron chi connectivity index (χ0n) is 15.6. The molecule has 0 saturated carbocycles. The fraction of sp³-hybridized carbons (Fsp3) is 0.263. The summed E-state index contributed by atoms with van der Waals surface area (Å²) in [4.78, 5) is 35.7. The van der Waals surface area contributed by atoms with Crippen LogP contribution < -0.4 is 15.6 Å². The molecule has 0 fully saturated rings. The highest BCUT2D eigenvalue weighted by molar-refractivity contribution is 5.84. The number of nitrogens with zero attached hydrogens (tertiary/aromatic N) is 3. The van der Waals surface area contributed by atoms with Gasteiger partial charge in [0, 0.05) is 35.4 Å². The largest absolute Gasteiger partial charge is 0.497 e. The number of hydrogen-bond acceptors (Lipinski definition) is 5. The highest BCUT2D eigenvalue weighted by atomic mass is 16.5. The summed E-state index contributed by atoms with van der Waals surface area (Å²) in [7, 11) is 1.64. The Morgan fingerprint density at radius 3 is 2.96 bits per heavy atom. The van der Waals surface area contributed by atoms with Crippen molar-refractivity contribution in [3.05, 3.63) is 57.9 Å². The number of fused-ring (bicyclic) bond motifs is 2. The smallest absolute Gasteiger partial charge is 0.274 e. The van der Waals surface area contributed by atoms with E-state index >= 15 is 0 Å². The van der Waals surface area contributed by atoms with Crippen LogP contribution in [0.4, 0.5) is 0 Å². The van der Waals surface area contributed by atoms with Crippen LogP contribution in [-0.2, 0) is 17.6 Å². The zero-order valence-corrected chi connectivity index (χ0v) is 15.6. The molecule has 9 heteroatoms. The molecule has 0 spiro atoms. The second-order valence-electron chi connectivity index (χ2n) is 6.54. The molecule has 0 bridgehead atoms. The number of carbonyl (C=O) groups excluding carboxylic acids is 1. The van der Waals surface area contributed by atoms with Crippen LogP contribution >= 0.6 is 0 Å². The van der Waals surface area contributed by atoms with E-state index in [2.05, 4.69) is 25.4 Å². The quantitative estimate of drug-likeness (QED) is 0.463. The Bertz CT molecular complexity index is 1220. The number of ether oxygens (including phenoxy) is 1. The first kappa shape index (κ1) is 17.8. The Labute approximate surface area is 159 Å². The van der Waals surface area contributed by atoms with Gasteiger partial charge in [0.25, 0.3) is 11.3 Å². The van der Waals surface area contributed by atoms with E-state index in [4.69, 9.17) is 4.74 Å². The molecule has 0 aliphatic rings. The summed E-state index contributed by atoms with van der Waals surface area (Å²) < 4.78 is 6.50. The van der Waals surface area contributed by atoms with Gasteiger partial charge in [0.05, 0.1) is 13.5 Å². The molecule has 0 aliphatic heterocycles. The van der Waals surface area contributed by atoms with Gasteiger partial charge in [0.15, 0.2) is 0 Å². The van der Waals surface area contributed by atoms with Crippen molar-refractivity contribution in [2.24, 2.45) is 0 Å². The van der Waals surface area contributed by atoms with Crippen LogP contribution in [-0.4, -0.2) is 44.1 Å². The second-order valence-corrected chi connectivity index (χ2v) is 6.54. The standard InChI is InChI=1S/C19H20N6O3/c1-11-7-18(27)25-19(22-11)23-16(24-25)9-17(26)20-6-5-12-10-21-15-4-3-13(28-2)8-14(12)15/h3-4,7-8,10,21H,5-6,9H2,1-2H3,(H,20,26)(H,22,23,24). The third-order valence-corrected chi connectivity index (χ3v) is 4.52. The molecule has 0 unspecified atom stereocenters. The summed E-state index contributed by atoms with van der Waals surface area (Å²) in [5, 5.41) is 6.77. The molecule has 9 nitrogen and oxygen atoms in total. The summed E-state index contributed by atoms with van der Waals surface area (Å²) in [5.74, 6) is 1.27. The maximum atomic E-state index is 12.2. The molecule has 3 N–H and O–H groups in total. The summed E-state index contributed by atoms with van der Waals surface area (Å²) in [6, 6.07) is 7.25. The van der Waals surface area contributed by atoms with Crippen molar-refractivity contribution in [2.45, 2.75) is 19.8 Å². The van der Waals surface area contributed by atoms with E-state index in [-0.39, 0.29) is 23.7 Å². The van der Waals surface area contributed by atoms with Gasteiger partial charge in [0.1, 0.15) is 11.6 Å². The highest BCUT2D eigenvalue weighted by Gasteiger charge is 2.11. The number of nitrogens with one attached hydrogen (secondary N) is 3. The maximum absolute atomic E-state index is 12.2. The van der Waals surface area contributed by atoms with Crippen LogP contribution in [0.25, 0.3) is 16.7 Å². The minimum absolute atomic E-state index is 0.0452. The van der Waals surface area contributed by atoms with Crippen molar-refractivity contribution < 1.29 is 9.53 Å². The zero-order chi connectivity index (χ0) is 19.7. The summed E-state index contributed by atoms with van der Waals surface area (Å²) >= 11 is 0. The van der Waals surface area contributed by atoms with Crippen LogP contribution in [0.3, 0.4) is 0 Å². The van der Waals surface area contributed by atoms with Crippen LogP contribution in [0, 0.1) is 6.92 Å². The third-order valence-electron chi connectivity index (χ3n) is 4.52. The van der Waals surface area contributed by atoms with Crippen molar-refractivity contribution in [3.63, 3.8) is 0 Å². The van der Waals surface area contributed by atoms with Crippen LogP contribution in [0.5, 0.6) is 5.75 Å². The number of rotatable bonds is 6. The van der Waals surface area contributed by atoms with Gasteiger partial charge < -0.3 is 15.0 Å². The lowest BCUT2D eigenvalue weighted by Crippen LogP contribution is -2.27. The van der Waals surface area contributed by atoms with Crippen LogP contribution in [0.1, 0.15) is 17.1 Å². The number of amides is 1. The first-order chi connectivity index (χ1) is 13.5. The number of methoxy groups -OCH3 is 1. The first-order valence-corrected chi connectivity index (χ1v) is 8.89. The minimum atomic E-state index is -0.253. The predicted octanol–water partition coefficient (Wildman–Crippen LogP) is 1.12. The average molecular weight is 380 g/mol. The number of H-pyrrole nitrogens is 2. The molecule has 0 aliphatic carbocycles. The number of aryl methyl sites for hydroxylation is 1. The van der Waals surface area contributed by atoms with Crippen molar-refractivity contribution in [1.82, 2.24) is 29.9 Å². The van der Waals surface area contributed by atoms with Gasteiger partial charge in [-0.05, 0) is 37.1 Å². The topological polar surface area (TPSA) is 117 Å². The lowest BCUT2D eigenvalue weighted by Gasteiger charge is -2.04. The van der Waals surface area contributed by atoms with Crippen molar-refractivity contribution in [2.75, 3.05) is 13.7 Å². The van der Waals surface area contributed by atoms with Gasteiger partial charge in [0.2, 0.25) is 5.91 Å². The van der Waals surface area contributed by atoms with Crippen molar-refractivity contribution in [3.8, 4) is 5.75 Å². The van der Waals surface area contributed by atoms with Gasteiger partial charge in [-0.15, -0.1) is 0 Å². The van der Waals surface area contributed by atoms with Gasteiger partial charge in [-0.25, -0.2) is 4.98 Å². The Kier molecular flexibility index (Phi) is 4.56. The van der Waals surface area contributed by atoms with Gasteiger partial charge in [-0.3, -0.25) is 14.7 Å². The Balaban J connectivity index is 1.39. The minimum Gasteiger partial charge on any atom is -0.497 e. The number of carbonyl (C=O) groups is 1. The number of hydrogen-bond donors (Lipinski definition) is 3.